The molecule has 0 amide bonds. The van der Waals surface area contributed by atoms with Gasteiger partial charge in [0.2, 0.25) is 11.7 Å². The number of hydrogen-bond donors (Lipinski definition) is 1. The van der Waals surface area contributed by atoms with Gasteiger partial charge in [-0.1, -0.05) is 29.8 Å². The largest absolute Gasteiger partial charge is 0.397 e. The number of piperidine rings is 1. The fraction of sp³-hybridized carbons (Fsp3) is 0.350. The zero-order valence-electron chi connectivity index (χ0n) is 15.2. The van der Waals surface area contributed by atoms with Crippen LogP contribution in [0.15, 0.2) is 47.1 Å². The Morgan fingerprint density at radius 2 is 1.93 bits per heavy atom. The quantitative estimate of drug-likeness (QED) is 0.721. The number of nitrogens with two attached hydrogens (primary N) is 1. The number of nitrogen functional groups attached to an aromatic ring is 1. The van der Waals surface area contributed by atoms with Crippen LogP contribution in [-0.2, 0) is 13.0 Å². The van der Waals surface area contributed by atoms with Crippen molar-refractivity contribution in [1.29, 1.82) is 0 Å². The third-order valence-corrected chi connectivity index (χ3v) is 4.69. The maximum absolute atomic E-state index is 5.66. The number of rotatable bonds is 5. The van der Waals surface area contributed by atoms with Crippen molar-refractivity contribution in [3.63, 3.8) is 0 Å². The van der Waals surface area contributed by atoms with Crippen molar-refractivity contribution in [2.24, 2.45) is 0 Å². The normalized spacial score (nSPS) is 14.7. The molecule has 0 radical (unpaired) electrons. The standard InChI is InChI=1S/C20H23N5O.ClH/c21-17-7-8-18(22-13-17)12-19-23-20(24-26-19)16-6-4-5-15(11-16)14-25-9-2-1-3-10-25;/h4-8,11,13H,1-3,9-10,12,14,21H2;1H. The zero-order valence-corrected chi connectivity index (χ0v) is 16.0. The van der Waals surface area contributed by atoms with Crippen LogP contribution in [0.3, 0.4) is 0 Å². The minimum atomic E-state index is 0. The smallest absolute Gasteiger partial charge is 0.232 e. The van der Waals surface area contributed by atoms with Crippen LogP contribution in [0.2, 0.25) is 0 Å². The molecule has 27 heavy (non-hydrogen) atoms. The molecule has 3 aromatic rings. The Balaban J connectivity index is 0.00000210. The summed E-state index contributed by atoms with van der Waals surface area (Å²) in [5.74, 6) is 1.18. The Hall–Kier alpha value is -2.44. The second-order valence-electron chi connectivity index (χ2n) is 6.81. The number of aromatic nitrogens is 3. The lowest BCUT2D eigenvalue weighted by atomic mass is 10.1. The van der Waals surface area contributed by atoms with Gasteiger partial charge in [0.1, 0.15) is 0 Å². The number of nitrogens with zero attached hydrogens (tertiary/aromatic N) is 4. The lowest BCUT2D eigenvalue weighted by molar-refractivity contribution is 0.221. The molecule has 0 saturated carbocycles. The van der Waals surface area contributed by atoms with E-state index in [0.29, 0.717) is 23.8 Å². The molecular weight excluding hydrogens is 362 g/mol. The van der Waals surface area contributed by atoms with E-state index in [1.54, 1.807) is 6.20 Å². The second kappa shape index (κ2) is 8.97. The molecule has 142 valence electrons. The van der Waals surface area contributed by atoms with Crippen LogP contribution in [0.1, 0.15) is 36.4 Å². The molecular formula is C20H24ClN5O. The van der Waals surface area contributed by atoms with Crippen LogP contribution in [-0.4, -0.2) is 33.1 Å². The average Bonchev–Trinajstić information content (AvgIpc) is 3.13. The number of hydrogen-bond acceptors (Lipinski definition) is 6. The number of halogens is 1. The summed E-state index contributed by atoms with van der Waals surface area (Å²) >= 11 is 0. The average molecular weight is 386 g/mol. The van der Waals surface area contributed by atoms with Crippen LogP contribution in [0.5, 0.6) is 0 Å². The van der Waals surface area contributed by atoms with Gasteiger partial charge in [0.15, 0.2) is 0 Å². The highest BCUT2D eigenvalue weighted by Gasteiger charge is 2.13. The minimum absolute atomic E-state index is 0. The molecule has 1 saturated heterocycles. The highest BCUT2D eigenvalue weighted by atomic mass is 35.5. The first-order valence-electron chi connectivity index (χ1n) is 9.11. The van der Waals surface area contributed by atoms with Crippen molar-refractivity contribution in [1.82, 2.24) is 20.0 Å². The van der Waals surface area contributed by atoms with E-state index >= 15 is 0 Å². The summed E-state index contributed by atoms with van der Waals surface area (Å²) < 4.78 is 5.40. The number of pyridine rings is 1. The van der Waals surface area contributed by atoms with Gasteiger partial charge in [-0.05, 0) is 49.7 Å². The first-order chi connectivity index (χ1) is 12.8. The maximum Gasteiger partial charge on any atom is 0.232 e. The van der Waals surface area contributed by atoms with Gasteiger partial charge in [0.25, 0.3) is 0 Å². The Bertz CT molecular complexity index is 859. The SMILES string of the molecule is Cl.Nc1ccc(Cc2nc(-c3cccc(CN4CCCCC4)c3)no2)nc1. The van der Waals surface area contributed by atoms with E-state index < -0.39 is 0 Å². The summed E-state index contributed by atoms with van der Waals surface area (Å²) in [5, 5.41) is 4.14. The Morgan fingerprint density at radius 1 is 1.07 bits per heavy atom. The highest BCUT2D eigenvalue weighted by Crippen LogP contribution is 2.20. The van der Waals surface area contributed by atoms with Crippen molar-refractivity contribution in [3.05, 3.63) is 59.7 Å². The molecule has 2 aromatic heterocycles. The molecule has 1 fully saturated rings. The van der Waals surface area contributed by atoms with Crippen molar-refractivity contribution in [3.8, 4) is 11.4 Å². The lowest BCUT2D eigenvalue weighted by Gasteiger charge is -2.26. The predicted molar refractivity (Wildman–Crippen MR) is 108 cm³/mol. The molecule has 6 nitrogen and oxygen atoms in total. The van der Waals surface area contributed by atoms with Crippen molar-refractivity contribution in [2.45, 2.75) is 32.2 Å². The lowest BCUT2D eigenvalue weighted by Crippen LogP contribution is -2.29. The molecule has 1 aliphatic heterocycles. The van der Waals surface area contributed by atoms with Crippen LogP contribution < -0.4 is 5.73 Å². The van der Waals surface area contributed by atoms with E-state index in [9.17, 15) is 0 Å². The van der Waals surface area contributed by atoms with Gasteiger partial charge >= 0.3 is 0 Å². The molecule has 0 bridgehead atoms. The molecule has 2 N–H and O–H groups in total. The molecule has 7 heteroatoms. The van der Waals surface area contributed by atoms with E-state index in [1.165, 1.54) is 37.9 Å². The Kier molecular flexibility index (Phi) is 6.42. The van der Waals surface area contributed by atoms with Gasteiger partial charge in [0.05, 0.1) is 18.3 Å². The monoisotopic (exact) mass is 385 g/mol. The third kappa shape index (κ3) is 5.05. The highest BCUT2D eigenvalue weighted by molar-refractivity contribution is 5.85. The van der Waals surface area contributed by atoms with Crippen molar-refractivity contribution >= 4 is 18.1 Å². The van der Waals surface area contributed by atoms with Crippen LogP contribution in [0, 0.1) is 0 Å². The summed E-state index contributed by atoms with van der Waals surface area (Å²) in [4.78, 5) is 11.3. The van der Waals surface area contributed by atoms with Crippen LogP contribution in [0.25, 0.3) is 11.4 Å². The maximum atomic E-state index is 5.66. The van der Waals surface area contributed by atoms with E-state index in [2.05, 4.69) is 38.2 Å². The summed E-state index contributed by atoms with van der Waals surface area (Å²) in [6, 6.07) is 12.1. The number of benzene rings is 1. The van der Waals surface area contributed by atoms with Gasteiger partial charge in [-0.3, -0.25) is 9.88 Å². The fourth-order valence-electron chi connectivity index (χ4n) is 3.32. The number of likely N-dealkylation sites (tertiary alicyclic amines) is 1. The molecule has 3 heterocycles. The third-order valence-electron chi connectivity index (χ3n) is 4.69. The topological polar surface area (TPSA) is 81.1 Å². The molecule has 0 spiro atoms. The van der Waals surface area contributed by atoms with E-state index in [4.69, 9.17) is 10.3 Å². The molecule has 1 aliphatic rings. The molecule has 0 unspecified atom stereocenters. The Morgan fingerprint density at radius 3 is 2.70 bits per heavy atom. The summed E-state index contributed by atoms with van der Waals surface area (Å²) in [5.41, 5.74) is 9.44. The molecule has 1 aromatic carbocycles. The van der Waals surface area contributed by atoms with Crippen LogP contribution >= 0.6 is 12.4 Å². The van der Waals surface area contributed by atoms with E-state index in [0.717, 1.165) is 17.8 Å². The molecule has 4 rings (SSSR count). The molecule has 0 atom stereocenters. The van der Waals surface area contributed by atoms with Crippen molar-refractivity contribution in [2.75, 3.05) is 18.8 Å². The first-order valence-corrected chi connectivity index (χ1v) is 9.11. The minimum Gasteiger partial charge on any atom is -0.397 e. The van der Waals surface area contributed by atoms with Gasteiger partial charge in [0, 0.05) is 17.8 Å². The van der Waals surface area contributed by atoms with Crippen LogP contribution in [0.4, 0.5) is 5.69 Å². The molecule has 0 aliphatic carbocycles. The van der Waals surface area contributed by atoms with Gasteiger partial charge in [-0.15, -0.1) is 12.4 Å². The van der Waals surface area contributed by atoms with Gasteiger partial charge in [-0.2, -0.15) is 4.98 Å². The Labute approximate surface area is 165 Å². The number of anilines is 1. The predicted octanol–water partition coefficient (Wildman–Crippen LogP) is 3.71. The summed E-state index contributed by atoms with van der Waals surface area (Å²) in [6.07, 6.45) is 6.09. The summed E-state index contributed by atoms with van der Waals surface area (Å²) in [6.45, 7) is 3.35. The van der Waals surface area contributed by atoms with Gasteiger partial charge < -0.3 is 10.3 Å². The fourth-order valence-corrected chi connectivity index (χ4v) is 3.32. The van der Waals surface area contributed by atoms with Crippen molar-refractivity contribution < 1.29 is 4.52 Å². The zero-order chi connectivity index (χ0) is 17.8. The van der Waals surface area contributed by atoms with E-state index in [-0.39, 0.29) is 12.4 Å². The van der Waals surface area contributed by atoms with Gasteiger partial charge in [-0.25, -0.2) is 0 Å². The summed E-state index contributed by atoms with van der Waals surface area (Å²) in [7, 11) is 0. The first kappa shape index (κ1) is 19.3. The second-order valence-corrected chi connectivity index (χ2v) is 6.81. The van der Waals surface area contributed by atoms with E-state index in [1.807, 2.05) is 18.2 Å².